The van der Waals surface area contributed by atoms with E-state index in [0.29, 0.717) is 6.04 Å². The molecule has 1 N–H and O–H groups in total. The summed E-state index contributed by atoms with van der Waals surface area (Å²) < 4.78 is 12.9. The third-order valence-corrected chi connectivity index (χ3v) is 4.31. The number of anilines is 1. The van der Waals surface area contributed by atoms with Crippen molar-refractivity contribution >= 4 is 11.7 Å². The second-order valence-electron chi connectivity index (χ2n) is 5.30. The van der Waals surface area contributed by atoms with Gasteiger partial charge in [-0.2, -0.15) is 0 Å². The first-order valence-electron chi connectivity index (χ1n) is 6.40. The summed E-state index contributed by atoms with van der Waals surface area (Å²) in [5.41, 5.74) is 1.01. The first kappa shape index (κ1) is 11.5. The third kappa shape index (κ3) is 1.85. The fourth-order valence-electron chi connectivity index (χ4n) is 3.37. The van der Waals surface area contributed by atoms with Crippen LogP contribution in [0.3, 0.4) is 0 Å². The Morgan fingerprint density at radius 1 is 1.28 bits per heavy atom. The van der Waals surface area contributed by atoms with E-state index in [1.54, 1.807) is 12.1 Å². The van der Waals surface area contributed by atoms with Gasteiger partial charge in [0.2, 0.25) is 0 Å². The molecule has 0 radical (unpaired) electrons. The van der Waals surface area contributed by atoms with E-state index < -0.39 is 5.97 Å². The van der Waals surface area contributed by atoms with E-state index in [1.165, 1.54) is 12.1 Å². The van der Waals surface area contributed by atoms with Gasteiger partial charge in [-0.25, -0.2) is 4.39 Å². The first-order chi connectivity index (χ1) is 8.65. The van der Waals surface area contributed by atoms with Crippen LogP contribution in [-0.4, -0.2) is 23.7 Å². The van der Waals surface area contributed by atoms with Crippen molar-refractivity contribution in [3.8, 4) is 0 Å². The summed E-state index contributed by atoms with van der Waals surface area (Å²) in [5.74, 6) is -0.856. The summed E-state index contributed by atoms with van der Waals surface area (Å²) in [6.45, 7) is 0.785. The quantitative estimate of drug-likeness (QED) is 0.875. The van der Waals surface area contributed by atoms with Gasteiger partial charge in [0.05, 0.1) is 5.92 Å². The zero-order valence-corrected chi connectivity index (χ0v) is 10.1. The highest BCUT2D eigenvalue weighted by atomic mass is 19.1. The van der Waals surface area contributed by atoms with Crippen LogP contribution in [-0.2, 0) is 4.79 Å². The van der Waals surface area contributed by atoms with Crippen LogP contribution in [0, 0.1) is 17.7 Å². The second-order valence-corrected chi connectivity index (χ2v) is 5.30. The maximum Gasteiger partial charge on any atom is 0.306 e. The van der Waals surface area contributed by atoms with Gasteiger partial charge in [0.15, 0.2) is 0 Å². The van der Waals surface area contributed by atoms with Crippen molar-refractivity contribution in [2.24, 2.45) is 11.8 Å². The molecule has 3 nitrogen and oxygen atoms in total. The van der Waals surface area contributed by atoms with Gasteiger partial charge in [-0.3, -0.25) is 4.79 Å². The van der Waals surface area contributed by atoms with Crippen LogP contribution < -0.4 is 4.90 Å². The molecule has 1 aromatic rings. The summed E-state index contributed by atoms with van der Waals surface area (Å²) in [6, 6.07) is 6.79. The molecule has 4 rings (SSSR count). The van der Waals surface area contributed by atoms with Gasteiger partial charge < -0.3 is 10.0 Å². The minimum atomic E-state index is -0.663. The fourth-order valence-corrected chi connectivity index (χ4v) is 3.37. The van der Waals surface area contributed by atoms with Crippen molar-refractivity contribution < 1.29 is 14.3 Å². The van der Waals surface area contributed by atoms with E-state index >= 15 is 0 Å². The number of carboxylic acid groups (broad SMARTS) is 1. The van der Waals surface area contributed by atoms with E-state index in [2.05, 4.69) is 4.90 Å². The van der Waals surface area contributed by atoms with Gasteiger partial charge in [-0.15, -0.1) is 0 Å². The van der Waals surface area contributed by atoms with Crippen molar-refractivity contribution in [1.29, 1.82) is 0 Å². The van der Waals surface area contributed by atoms with Crippen LogP contribution in [0.4, 0.5) is 10.1 Å². The lowest BCUT2D eigenvalue weighted by molar-refractivity contribution is -0.145. The van der Waals surface area contributed by atoms with Gasteiger partial charge >= 0.3 is 5.97 Å². The van der Waals surface area contributed by atoms with Crippen molar-refractivity contribution in [2.45, 2.75) is 25.3 Å². The molecule has 2 aliphatic heterocycles. The number of carboxylic acids is 1. The van der Waals surface area contributed by atoms with E-state index in [9.17, 15) is 14.3 Å². The molecule has 18 heavy (non-hydrogen) atoms. The average molecular weight is 249 g/mol. The Labute approximate surface area is 105 Å². The molecule has 3 unspecified atom stereocenters. The highest BCUT2D eigenvalue weighted by molar-refractivity contribution is 5.71. The number of hydrogen-bond donors (Lipinski definition) is 1. The lowest BCUT2D eigenvalue weighted by atomic mass is 9.72. The number of rotatable bonds is 2. The molecular formula is C14H16FNO2. The van der Waals surface area contributed by atoms with E-state index in [0.717, 1.165) is 31.5 Å². The molecule has 4 heteroatoms. The van der Waals surface area contributed by atoms with E-state index in [-0.39, 0.29) is 17.7 Å². The van der Waals surface area contributed by atoms with Crippen LogP contribution in [0.2, 0.25) is 0 Å². The van der Waals surface area contributed by atoms with Gasteiger partial charge in [-0.1, -0.05) is 0 Å². The van der Waals surface area contributed by atoms with Crippen molar-refractivity contribution in [1.82, 2.24) is 0 Å². The molecule has 1 aromatic carbocycles. The Hall–Kier alpha value is -1.58. The highest BCUT2D eigenvalue weighted by Gasteiger charge is 2.43. The summed E-state index contributed by atoms with van der Waals surface area (Å²) in [7, 11) is 0. The fraction of sp³-hybridized carbons (Fsp3) is 0.500. The maximum absolute atomic E-state index is 12.9. The largest absolute Gasteiger partial charge is 0.481 e. The molecule has 2 saturated heterocycles. The van der Waals surface area contributed by atoms with Crippen LogP contribution in [0.5, 0.6) is 0 Å². The zero-order valence-electron chi connectivity index (χ0n) is 10.1. The van der Waals surface area contributed by atoms with Crippen molar-refractivity contribution in [2.75, 3.05) is 11.4 Å². The number of benzene rings is 1. The topological polar surface area (TPSA) is 40.5 Å². The molecule has 96 valence electrons. The molecule has 0 amide bonds. The number of piperidine rings is 2. The molecule has 1 aliphatic carbocycles. The Balaban J connectivity index is 1.81. The van der Waals surface area contributed by atoms with E-state index in [4.69, 9.17) is 0 Å². The van der Waals surface area contributed by atoms with Crippen LogP contribution in [0.15, 0.2) is 24.3 Å². The molecule has 3 fully saturated rings. The predicted molar refractivity (Wildman–Crippen MR) is 66.0 cm³/mol. The summed E-state index contributed by atoms with van der Waals surface area (Å²) >= 11 is 0. The molecule has 2 bridgehead atoms. The van der Waals surface area contributed by atoms with E-state index in [1.807, 2.05) is 0 Å². The van der Waals surface area contributed by atoms with Crippen LogP contribution in [0.25, 0.3) is 0 Å². The van der Waals surface area contributed by atoms with Crippen molar-refractivity contribution in [3.63, 3.8) is 0 Å². The monoisotopic (exact) mass is 249 g/mol. The summed E-state index contributed by atoms with van der Waals surface area (Å²) in [4.78, 5) is 13.4. The Bertz CT molecular complexity index is 459. The molecule has 3 atom stereocenters. The number of hydrogen-bond acceptors (Lipinski definition) is 2. The second kappa shape index (κ2) is 4.26. The van der Waals surface area contributed by atoms with Crippen LogP contribution in [0.1, 0.15) is 19.3 Å². The normalized spacial score (nSPS) is 30.5. The van der Waals surface area contributed by atoms with Gasteiger partial charge in [0.25, 0.3) is 0 Å². The molecule has 3 aliphatic rings. The zero-order chi connectivity index (χ0) is 12.7. The lowest BCUT2D eigenvalue weighted by Crippen LogP contribution is -2.53. The number of aliphatic carboxylic acids is 1. The number of nitrogens with zero attached hydrogens (tertiary/aromatic N) is 1. The Morgan fingerprint density at radius 3 is 2.56 bits per heavy atom. The first-order valence-corrected chi connectivity index (χ1v) is 6.40. The number of fused-ring (bicyclic) bond motifs is 3. The smallest absolute Gasteiger partial charge is 0.306 e. The molecule has 2 heterocycles. The molecule has 0 aromatic heterocycles. The summed E-state index contributed by atoms with van der Waals surface area (Å²) in [6.07, 6.45) is 2.77. The standard InChI is InChI=1S/C14H16FNO2/c15-10-2-5-11(6-3-10)16-8-9-1-4-12(16)7-13(9)14(17)18/h2-3,5-6,9,12-13H,1,4,7-8H2,(H,17,18). The Kier molecular flexibility index (Phi) is 2.73. The Morgan fingerprint density at radius 2 is 2.00 bits per heavy atom. The van der Waals surface area contributed by atoms with Gasteiger partial charge in [-0.05, 0) is 49.4 Å². The van der Waals surface area contributed by atoms with Gasteiger partial charge in [0.1, 0.15) is 5.82 Å². The third-order valence-electron chi connectivity index (χ3n) is 4.31. The molecular weight excluding hydrogens is 233 g/mol. The minimum Gasteiger partial charge on any atom is -0.481 e. The molecule has 0 spiro atoms. The van der Waals surface area contributed by atoms with Crippen molar-refractivity contribution in [3.05, 3.63) is 30.1 Å². The number of halogens is 1. The lowest BCUT2D eigenvalue weighted by Gasteiger charge is -2.49. The molecule has 1 saturated carbocycles. The highest BCUT2D eigenvalue weighted by Crippen LogP contribution is 2.41. The van der Waals surface area contributed by atoms with Crippen LogP contribution >= 0.6 is 0 Å². The SMILES string of the molecule is O=C(O)C1CC2CCC1CN2c1ccc(F)cc1. The number of carbonyl (C=O) groups is 1. The average Bonchev–Trinajstić information content (AvgIpc) is 2.40. The van der Waals surface area contributed by atoms with Gasteiger partial charge in [0, 0.05) is 18.3 Å². The minimum absolute atomic E-state index is 0.194. The summed E-state index contributed by atoms with van der Waals surface area (Å²) in [5, 5.41) is 9.19. The maximum atomic E-state index is 12.9. The predicted octanol–water partition coefficient (Wildman–Crippen LogP) is 2.52.